The smallest absolute Gasteiger partial charge is 0.303 e. The van der Waals surface area contributed by atoms with Gasteiger partial charge in [0.05, 0.1) is 12.7 Å². The molecule has 0 unspecified atom stereocenters. The number of benzene rings is 2. The van der Waals surface area contributed by atoms with Gasteiger partial charge in [0.1, 0.15) is 17.2 Å². The zero-order valence-corrected chi connectivity index (χ0v) is 13.6. The van der Waals surface area contributed by atoms with Crippen LogP contribution < -0.4 is 9.47 Å². The number of hydrogen-bond acceptors (Lipinski definition) is 7. The monoisotopic (exact) mass is 351 g/mol. The van der Waals surface area contributed by atoms with Gasteiger partial charge in [-0.15, -0.1) is 10.2 Å². The van der Waals surface area contributed by atoms with Crippen molar-refractivity contribution in [2.75, 3.05) is 7.11 Å². The lowest BCUT2D eigenvalue weighted by atomic mass is 10.1. The number of carbonyl (C=O) groups excluding carboxylic acids is 1. The van der Waals surface area contributed by atoms with Gasteiger partial charge >= 0.3 is 5.91 Å². The SMILES string of the molecule is COc1ccc(Oc2ccccc2C2=NC(=O)C3=NN=NC3=N2)cc1.O. The average Bonchev–Trinajstić information content (AvgIpc) is 3.12. The van der Waals surface area contributed by atoms with Crippen molar-refractivity contribution in [2.24, 2.45) is 25.4 Å². The van der Waals surface area contributed by atoms with Crippen molar-refractivity contribution in [3.8, 4) is 17.2 Å². The minimum Gasteiger partial charge on any atom is -0.497 e. The molecule has 2 aromatic carbocycles. The van der Waals surface area contributed by atoms with E-state index in [1.165, 1.54) is 0 Å². The van der Waals surface area contributed by atoms with Crippen molar-refractivity contribution in [2.45, 2.75) is 0 Å². The Kier molecular flexibility index (Phi) is 4.63. The number of rotatable bonds is 4. The molecule has 0 aromatic heterocycles. The van der Waals surface area contributed by atoms with Gasteiger partial charge < -0.3 is 14.9 Å². The van der Waals surface area contributed by atoms with Gasteiger partial charge in [-0.1, -0.05) is 12.1 Å². The van der Waals surface area contributed by atoms with Crippen LogP contribution in [0.15, 0.2) is 74.0 Å². The topological polar surface area (TPSA) is 129 Å². The summed E-state index contributed by atoms with van der Waals surface area (Å²) in [6.07, 6.45) is 0. The molecule has 9 heteroatoms. The number of nitrogens with zero attached hydrogens (tertiary/aromatic N) is 5. The first-order valence-corrected chi connectivity index (χ1v) is 7.37. The molecule has 2 aliphatic rings. The number of aliphatic imine (C=N–C) groups is 2. The van der Waals surface area contributed by atoms with Crippen molar-refractivity contribution in [3.63, 3.8) is 0 Å². The van der Waals surface area contributed by atoms with Crippen molar-refractivity contribution in [1.29, 1.82) is 0 Å². The fourth-order valence-electron chi connectivity index (χ4n) is 2.32. The lowest BCUT2D eigenvalue weighted by Gasteiger charge is -2.12. The van der Waals surface area contributed by atoms with Gasteiger partial charge in [-0.25, -0.2) is 4.99 Å². The summed E-state index contributed by atoms with van der Waals surface area (Å²) in [6, 6.07) is 14.3. The Morgan fingerprint density at radius 1 is 0.885 bits per heavy atom. The molecule has 0 saturated carbocycles. The first-order valence-electron chi connectivity index (χ1n) is 7.37. The van der Waals surface area contributed by atoms with E-state index in [2.05, 4.69) is 25.4 Å². The van der Waals surface area contributed by atoms with E-state index in [9.17, 15) is 4.79 Å². The summed E-state index contributed by atoms with van der Waals surface area (Å²) in [6.45, 7) is 0. The molecule has 0 aliphatic carbocycles. The van der Waals surface area contributed by atoms with Crippen LogP contribution in [0.2, 0.25) is 0 Å². The molecular weight excluding hydrogens is 338 g/mol. The van der Waals surface area contributed by atoms with Gasteiger partial charge in [0.25, 0.3) is 0 Å². The minimum absolute atomic E-state index is 0. The van der Waals surface area contributed by atoms with Gasteiger partial charge in [0.2, 0.25) is 11.5 Å². The summed E-state index contributed by atoms with van der Waals surface area (Å²) >= 11 is 0. The van der Waals surface area contributed by atoms with Crippen molar-refractivity contribution in [3.05, 3.63) is 54.1 Å². The number of amidine groups is 2. The normalized spacial score (nSPS) is 14.7. The molecule has 9 nitrogen and oxygen atoms in total. The Morgan fingerprint density at radius 2 is 1.62 bits per heavy atom. The molecule has 0 bridgehead atoms. The predicted molar refractivity (Wildman–Crippen MR) is 94.4 cm³/mol. The largest absolute Gasteiger partial charge is 0.497 e. The molecule has 1 amide bonds. The number of fused-ring (bicyclic) bond motifs is 1. The fourth-order valence-corrected chi connectivity index (χ4v) is 2.32. The third-order valence-corrected chi connectivity index (χ3v) is 3.53. The number of carbonyl (C=O) groups is 1. The molecule has 0 fully saturated rings. The van der Waals surface area contributed by atoms with Crippen LogP contribution in [0.5, 0.6) is 17.2 Å². The van der Waals surface area contributed by atoms with E-state index in [-0.39, 0.29) is 22.9 Å². The third kappa shape index (κ3) is 3.10. The van der Waals surface area contributed by atoms with Crippen molar-refractivity contribution < 1.29 is 19.7 Å². The maximum atomic E-state index is 12.0. The second-order valence-corrected chi connectivity index (χ2v) is 5.09. The van der Waals surface area contributed by atoms with Crippen molar-refractivity contribution >= 4 is 23.3 Å². The molecule has 0 saturated heterocycles. The second kappa shape index (κ2) is 7.03. The lowest BCUT2D eigenvalue weighted by Crippen LogP contribution is -2.26. The average molecular weight is 351 g/mol. The Balaban J connectivity index is 0.00000196. The Bertz CT molecular complexity index is 977. The van der Waals surface area contributed by atoms with E-state index in [0.29, 0.717) is 17.1 Å². The highest BCUT2D eigenvalue weighted by Crippen LogP contribution is 2.28. The molecule has 0 atom stereocenters. The molecule has 2 heterocycles. The Morgan fingerprint density at radius 3 is 2.38 bits per heavy atom. The quantitative estimate of drug-likeness (QED) is 0.836. The van der Waals surface area contributed by atoms with E-state index >= 15 is 0 Å². The number of methoxy groups -OCH3 is 1. The van der Waals surface area contributed by atoms with Gasteiger partial charge in [-0.2, -0.15) is 4.99 Å². The first-order chi connectivity index (χ1) is 12.2. The summed E-state index contributed by atoms with van der Waals surface area (Å²) < 4.78 is 11.0. The standard InChI is InChI=1S/C17H11N5O3.H2O/c1-24-10-6-8-11(9-7-10)25-13-5-3-2-4-12(13)15-18-16-14(17(23)19-15)20-22-21-16;/h2-9H,1H3;1H2. The molecule has 2 aliphatic heterocycles. The Hall–Kier alpha value is -3.72. The maximum Gasteiger partial charge on any atom is 0.303 e. The number of para-hydroxylation sites is 1. The fraction of sp³-hybridized carbons (Fsp3) is 0.0588. The van der Waals surface area contributed by atoms with E-state index in [1.807, 2.05) is 12.1 Å². The van der Waals surface area contributed by atoms with Crippen LogP contribution in [0.4, 0.5) is 0 Å². The van der Waals surface area contributed by atoms with Crippen molar-refractivity contribution in [1.82, 2.24) is 0 Å². The molecule has 2 aromatic rings. The summed E-state index contributed by atoms with van der Waals surface area (Å²) in [7, 11) is 1.60. The predicted octanol–water partition coefficient (Wildman–Crippen LogP) is 2.17. The third-order valence-electron chi connectivity index (χ3n) is 3.53. The highest BCUT2D eigenvalue weighted by atomic mass is 16.5. The zero-order chi connectivity index (χ0) is 17.2. The summed E-state index contributed by atoms with van der Waals surface area (Å²) in [5, 5.41) is 10.8. The maximum absolute atomic E-state index is 12.0. The van der Waals surface area contributed by atoms with Gasteiger partial charge in [-0.3, -0.25) is 4.79 Å². The molecule has 130 valence electrons. The van der Waals surface area contributed by atoms with E-state index < -0.39 is 5.91 Å². The summed E-state index contributed by atoms with van der Waals surface area (Å²) in [5.41, 5.74) is 0.623. The first kappa shape index (κ1) is 17.1. The summed E-state index contributed by atoms with van der Waals surface area (Å²) in [5.74, 6) is 1.71. The molecule has 2 N–H and O–H groups in total. The van der Waals surface area contributed by atoms with E-state index in [0.717, 1.165) is 5.75 Å². The van der Waals surface area contributed by atoms with Crippen LogP contribution >= 0.6 is 0 Å². The summed E-state index contributed by atoms with van der Waals surface area (Å²) in [4.78, 5) is 20.2. The highest BCUT2D eigenvalue weighted by molar-refractivity contribution is 6.69. The van der Waals surface area contributed by atoms with Gasteiger partial charge in [0, 0.05) is 0 Å². The molecule has 0 spiro atoms. The number of hydrogen-bond donors (Lipinski definition) is 0. The van der Waals surface area contributed by atoms with Crippen LogP contribution in [0, 0.1) is 0 Å². The van der Waals surface area contributed by atoms with Crippen LogP contribution in [0.25, 0.3) is 0 Å². The number of amides is 1. The van der Waals surface area contributed by atoms with Gasteiger partial charge in [0.15, 0.2) is 5.84 Å². The van der Waals surface area contributed by atoms with E-state index in [4.69, 9.17) is 9.47 Å². The van der Waals surface area contributed by atoms with Crippen LogP contribution in [0.1, 0.15) is 5.56 Å². The van der Waals surface area contributed by atoms with Crippen LogP contribution in [0.3, 0.4) is 0 Å². The van der Waals surface area contributed by atoms with Crippen LogP contribution in [-0.4, -0.2) is 35.9 Å². The number of ether oxygens (including phenoxy) is 2. The highest BCUT2D eigenvalue weighted by Gasteiger charge is 2.28. The molecular formula is C17H13N5O4. The lowest BCUT2D eigenvalue weighted by molar-refractivity contribution is -0.111. The molecule has 4 rings (SSSR count). The van der Waals surface area contributed by atoms with Crippen LogP contribution in [-0.2, 0) is 4.79 Å². The van der Waals surface area contributed by atoms with Gasteiger partial charge in [-0.05, 0) is 41.6 Å². The van der Waals surface area contributed by atoms with E-state index in [1.54, 1.807) is 43.5 Å². The molecule has 26 heavy (non-hydrogen) atoms. The Labute approximate surface area is 147 Å². The molecule has 0 radical (unpaired) electrons. The zero-order valence-electron chi connectivity index (χ0n) is 13.6. The second-order valence-electron chi connectivity index (χ2n) is 5.09. The minimum atomic E-state index is -0.524.